The topological polar surface area (TPSA) is 69.6 Å². The Labute approximate surface area is 107 Å². The molecule has 2 rings (SSSR count). The molecule has 5 heteroatoms. The van der Waals surface area contributed by atoms with Gasteiger partial charge >= 0.3 is 0 Å². The van der Waals surface area contributed by atoms with Crippen LogP contribution < -0.4 is 5.73 Å². The molecule has 2 heterocycles. The van der Waals surface area contributed by atoms with Crippen molar-refractivity contribution in [3.05, 3.63) is 42.0 Å². The maximum Gasteiger partial charge on any atom is 0.0827 e. The lowest BCUT2D eigenvalue weighted by Gasteiger charge is -1.99. The number of aromatic nitrogens is 4. The molecule has 0 aliphatic carbocycles. The predicted molar refractivity (Wildman–Crippen MR) is 70.0 cm³/mol. The first-order valence-electron chi connectivity index (χ1n) is 6.37. The van der Waals surface area contributed by atoms with Crippen molar-refractivity contribution >= 4 is 0 Å². The van der Waals surface area contributed by atoms with Crippen molar-refractivity contribution in [3.63, 3.8) is 0 Å². The van der Waals surface area contributed by atoms with Crippen molar-refractivity contribution in [3.8, 4) is 0 Å². The van der Waals surface area contributed by atoms with Crippen LogP contribution in [0.4, 0.5) is 0 Å². The molecule has 0 saturated heterocycles. The molecule has 0 saturated carbocycles. The number of rotatable bonds is 7. The zero-order valence-electron chi connectivity index (χ0n) is 10.5. The van der Waals surface area contributed by atoms with Crippen LogP contribution in [-0.2, 0) is 19.4 Å². The second-order valence-electron chi connectivity index (χ2n) is 4.29. The van der Waals surface area contributed by atoms with Gasteiger partial charge in [0, 0.05) is 31.1 Å². The second kappa shape index (κ2) is 6.86. The van der Waals surface area contributed by atoms with Gasteiger partial charge in [0.15, 0.2) is 0 Å². The number of aryl methyl sites for hydroxylation is 3. The van der Waals surface area contributed by atoms with Gasteiger partial charge in [-0.05, 0) is 37.9 Å². The molecule has 0 unspecified atom stereocenters. The maximum absolute atomic E-state index is 5.46. The van der Waals surface area contributed by atoms with Gasteiger partial charge in [-0.25, -0.2) is 0 Å². The van der Waals surface area contributed by atoms with E-state index in [-0.39, 0.29) is 0 Å². The molecule has 0 spiro atoms. The Hall–Kier alpha value is -1.75. The van der Waals surface area contributed by atoms with Crippen LogP contribution in [0.1, 0.15) is 24.2 Å². The molecule has 0 atom stereocenters. The van der Waals surface area contributed by atoms with Gasteiger partial charge in [-0.2, -0.15) is 0 Å². The van der Waals surface area contributed by atoms with Gasteiger partial charge in [0.1, 0.15) is 0 Å². The van der Waals surface area contributed by atoms with E-state index < -0.39 is 0 Å². The molecule has 0 aliphatic heterocycles. The number of hydrogen-bond acceptors (Lipinski definition) is 4. The molecule has 5 nitrogen and oxygen atoms in total. The Kier molecular flexibility index (Phi) is 4.84. The average Bonchev–Trinajstić information content (AvgIpc) is 2.86. The van der Waals surface area contributed by atoms with E-state index in [9.17, 15) is 0 Å². The van der Waals surface area contributed by atoms with Crippen LogP contribution in [0.15, 0.2) is 30.6 Å². The van der Waals surface area contributed by atoms with E-state index >= 15 is 0 Å². The summed E-state index contributed by atoms with van der Waals surface area (Å²) in [6, 6.07) is 5.95. The Bertz CT molecular complexity index is 451. The summed E-state index contributed by atoms with van der Waals surface area (Å²) in [5.41, 5.74) is 7.59. The first-order chi connectivity index (χ1) is 8.88. The monoisotopic (exact) mass is 245 g/mol. The van der Waals surface area contributed by atoms with Gasteiger partial charge in [0.2, 0.25) is 0 Å². The van der Waals surface area contributed by atoms with Gasteiger partial charge < -0.3 is 5.73 Å². The zero-order valence-corrected chi connectivity index (χ0v) is 10.5. The third kappa shape index (κ3) is 3.92. The fraction of sp³-hybridized carbons (Fsp3) is 0.462. The fourth-order valence-electron chi connectivity index (χ4n) is 1.79. The first-order valence-corrected chi connectivity index (χ1v) is 6.37. The number of nitrogens with two attached hydrogens (primary N) is 1. The first kappa shape index (κ1) is 12.7. The lowest BCUT2D eigenvalue weighted by Crippen LogP contribution is -2.03. The summed E-state index contributed by atoms with van der Waals surface area (Å²) in [5.74, 6) is 0. The molecular formula is C13H19N5. The van der Waals surface area contributed by atoms with E-state index in [0.717, 1.165) is 50.2 Å². The minimum Gasteiger partial charge on any atom is -0.330 e. The molecule has 2 N–H and O–H groups in total. The van der Waals surface area contributed by atoms with Crippen LogP contribution in [-0.4, -0.2) is 26.5 Å². The zero-order chi connectivity index (χ0) is 12.6. The second-order valence-corrected chi connectivity index (χ2v) is 4.29. The van der Waals surface area contributed by atoms with E-state index in [1.807, 2.05) is 35.3 Å². The summed E-state index contributed by atoms with van der Waals surface area (Å²) in [4.78, 5) is 4.29. The Morgan fingerprint density at radius 3 is 2.83 bits per heavy atom. The molecule has 2 aromatic heterocycles. The summed E-state index contributed by atoms with van der Waals surface area (Å²) in [5, 5.41) is 8.27. The molecule has 0 aromatic carbocycles. The minimum absolute atomic E-state index is 0.744. The number of unbranched alkanes of at least 4 members (excludes halogenated alkanes) is 1. The van der Waals surface area contributed by atoms with E-state index in [1.54, 1.807) is 0 Å². The molecule has 0 fully saturated rings. The van der Waals surface area contributed by atoms with E-state index in [0.29, 0.717) is 0 Å². The summed E-state index contributed by atoms with van der Waals surface area (Å²) in [7, 11) is 0. The minimum atomic E-state index is 0.744. The third-order valence-corrected chi connectivity index (χ3v) is 2.80. The summed E-state index contributed by atoms with van der Waals surface area (Å²) in [6.45, 7) is 1.56. The number of hydrogen-bond donors (Lipinski definition) is 1. The van der Waals surface area contributed by atoms with Gasteiger partial charge in [-0.1, -0.05) is 11.3 Å². The third-order valence-electron chi connectivity index (χ3n) is 2.80. The standard InChI is InChI=1S/C13H19N5/c14-8-3-1-6-13-11-18(17-16-13)10-7-12-5-2-4-9-15-12/h2,4-5,9,11H,1,3,6-8,10,14H2. The molecule has 2 aromatic rings. The smallest absolute Gasteiger partial charge is 0.0827 e. The van der Waals surface area contributed by atoms with Gasteiger partial charge in [-0.3, -0.25) is 9.67 Å². The van der Waals surface area contributed by atoms with Crippen LogP contribution in [0.25, 0.3) is 0 Å². The van der Waals surface area contributed by atoms with Crippen LogP contribution in [0.5, 0.6) is 0 Å². The number of nitrogens with zero attached hydrogens (tertiary/aromatic N) is 4. The largest absolute Gasteiger partial charge is 0.330 e. The van der Waals surface area contributed by atoms with Gasteiger partial charge in [-0.15, -0.1) is 5.10 Å². The molecule has 18 heavy (non-hydrogen) atoms. The van der Waals surface area contributed by atoms with E-state index in [1.165, 1.54) is 0 Å². The summed E-state index contributed by atoms with van der Waals surface area (Å²) < 4.78 is 1.88. The highest BCUT2D eigenvalue weighted by molar-refractivity contribution is 5.03. The predicted octanol–water partition coefficient (Wildman–Crippen LogP) is 1.20. The molecule has 96 valence electrons. The van der Waals surface area contributed by atoms with Crippen LogP contribution >= 0.6 is 0 Å². The normalized spacial score (nSPS) is 10.7. The fourth-order valence-corrected chi connectivity index (χ4v) is 1.79. The average molecular weight is 245 g/mol. The molecule has 0 radical (unpaired) electrons. The lowest BCUT2D eigenvalue weighted by molar-refractivity contribution is 0.584. The Morgan fingerprint density at radius 2 is 2.06 bits per heavy atom. The highest BCUT2D eigenvalue weighted by Crippen LogP contribution is 2.02. The van der Waals surface area contributed by atoms with E-state index in [4.69, 9.17) is 5.73 Å². The van der Waals surface area contributed by atoms with Crippen LogP contribution in [0.2, 0.25) is 0 Å². The SMILES string of the molecule is NCCCCc1cn(CCc2ccccn2)nn1. The van der Waals surface area contributed by atoms with Crippen molar-refractivity contribution in [2.45, 2.75) is 32.2 Å². The molecule has 0 amide bonds. The van der Waals surface area contributed by atoms with E-state index in [2.05, 4.69) is 15.3 Å². The molecule has 0 bridgehead atoms. The summed E-state index contributed by atoms with van der Waals surface area (Å²) in [6.07, 6.45) is 7.79. The lowest BCUT2D eigenvalue weighted by atomic mass is 10.2. The van der Waals surface area contributed by atoms with Gasteiger partial charge in [0.05, 0.1) is 5.69 Å². The highest BCUT2D eigenvalue weighted by atomic mass is 15.4. The molecule has 0 aliphatic rings. The van der Waals surface area contributed by atoms with Gasteiger partial charge in [0.25, 0.3) is 0 Å². The highest BCUT2D eigenvalue weighted by Gasteiger charge is 2.01. The van der Waals surface area contributed by atoms with Crippen molar-refractivity contribution < 1.29 is 0 Å². The van der Waals surface area contributed by atoms with Crippen molar-refractivity contribution in [1.29, 1.82) is 0 Å². The van der Waals surface area contributed by atoms with Crippen molar-refractivity contribution in [2.75, 3.05) is 6.54 Å². The van der Waals surface area contributed by atoms with Crippen molar-refractivity contribution in [1.82, 2.24) is 20.0 Å². The summed E-state index contributed by atoms with van der Waals surface area (Å²) >= 11 is 0. The molecular weight excluding hydrogens is 226 g/mol. The number of pyridine rings is 1. The van der Waals surface area contributed by atoms with Crippen LogP contribution in [0.3, 0.4) is 0 Å². The Morgan fingerprint density at radius 1 is 1.11 bits per heavy atom. The van der Waals surface area contributed by atoms with Crippen molar-refractivity contribution in [2.24, 2.45) is 5.73 Å². The Balaban J connectivity index is 1.80. The van der Waals surface area contributed by atoms with Crippen LogP contribution in [0, 0.1) is 0 Å². The maximum atomic E-state index is 5.46. The quantitative estimate of drug-likeness (QED) is 0.744.